The molecular weight excluding hydrogens is 320 g/mol. The normalized spacial score (nSPS) is 31.0. The molecule has 0 aromatic rings. The van der Waals surface area contributed by atoms with E-state index in [2.05, 4.69) is 19.2 Å². The highest BCUT2D eigenvalue weighted by molar-refractivity contribution is 5.85. The van der Waals surface area contributed by atoms with E-state index in [-0.39, 0.29) is 18.4 Å². The standard InChI is InChI=1S/C19H34N2O4/c1-17(2,3)25-16(24)19(11-14(15(22)23)21(6)12-19)20-13-7-9-18(4,5)10-8-13/h13-14,20H,7-12H2,1-6H3,(H,22,23)/t14-,19-/m0/s1. The summed E-state index contributed by atoms with van der Waals surface area (Å²) in [6.07, 6.45) is 4.45. The number of nitrogens with one attached hydrogen (secondary N) is 1. The summed E-state index contributed by atoms with van der Waals surface area (Å²) in [4.78, 5) is 26.3. The third kappa shape index (κ3) is 4.94. The average Bonchev–Trinajstić information content (AvgIpc) is 2.78. The molecule has 1 heterocycles. The summed E-state index contributed by atoms with van der Waals surface area (Å²) in [5.74, 6) is -1.22. The van der Waals surface area contributed by atoms with Crippen LogP contribution < -0.4 is 5.32 Å². The van der Waals surface area contributed by atoms with Crippen molar-refractivity contribution in [2.75, 3.05) is 13.6 Å². The fourth-order valence-corrected chi connectivity index (χ4v) is 3.98. The molecule has 0 aromatic heterocycles. The van der Waals surface area contributed by atoms with Gasteiger partial charge in [0.05, 0.1) is 0 Å². The van der Waals surface area contributed by atoms with Gasteiger partial charge in [-0.2, -0.15) is 0 Å². The van der Waals surface area contributed by atoms with Gasteiger partial charge < -0.3 is 9.84 Å². The summed E-state index contributed by atoms with van der Waals surface area (Å²) in [6, 6.07) is -0.443. The molecule has 0 bridgehead atoms. The molecule has 2 N–H and O–H groups in total. The maximum atomic E-state index is 13.0. The molecule has 1 saturated carbocycles. The minimum atomic E-state index is -0.947. The van der Waals surface area contributed by atoms with E-state index in [1.54, 1.807) is 11.9 Å². The first kappa shape index (κ1) is 20.2. The zero-order chi connectivity index (χ0) is 19.0. The number of carboxylic acids is 1. The Bertz CT molecular complexity index is 516. The van der Waals surface area contributed by atoms with Crippen molar-refractivity contribution in [3.63, 3.8) is 0 Å². The van der Waals surface area contributed by atoms with E-state index in [1.807, 2.05) is 20.8 Å². The minimum absolute atomic E-state index is 0.224. The van der Waals surface area contributed by atoms with Gasteiger partial charge in [-0.1, -0.05) is 13.8 Å². The number of ether oxygens (including phenoxy) is 1. The van der Waals surface area contributed by atoms with Crippen LogP contribution in [0.1, 0.15) is 66.7 Å². The minimum Gasteiger partial charge on any atom is -0.480 e. The molecule has 1 aliphatic carbocycles. The number of carboxylic acid groups (broad SMARTS) is 1. The van der Waals surface area contributed by atoms with Gasteiger partial charge in [-0.05, 0) is 58.9 Å². The first-order valence-electron chi connectivity index (χ1n) is 9.28. The van der Waals surface area contributed by atoms with Crippen LogP contribution in [0.25, 0.3) is 0 Å². The number of aliphatic carboxylic acids is 1. The molecule has 0 amide bonds. The molecule has 0 spiro atoms. The van der Waals surface area contributed by atoms with Crippen LogP contribution in [-0.4, -0.2) is 58.8 Å². The smallest absolute Gasteiger partial charge is 0.328 e. The Hall–Kier alpha value is -1.14. The van der Waals surface area contributed by atoms with E-state index in [9.17, 15) is 14.7 Å². The van der Waals surface area contributed by atoms with Gasteiger partial charge in [0.2, 0.25) is 0 Å². The average molecular weight is 354 g/mol. The van der Waals surface area contributed by atoms with Crippen LogP contribution >= 0.6 is 0 Å². The Morgan fingerprint density at radius 1 is 1.20 bits per heavy atom. The van der Waals surface area contributed by atoms with Gasteiger partial charge in [0.25, 0.3) is 0 Å². The van der Waals surface area contributed by atoms with Crippen molar-refractivity contribution < 1.29 is 19.4 Å². The quantitative estimate of drug-likeness (QED) is 0.755. The van der Waals surface area contributed by atoms with Crippen LogP contribution in [0.3, 0.4) is 0 Å². The van der Waals surface area contributed by atoms with Crippen molar-refractivity contribution >= 4 is 11.9 Å². The molecule has 25 heavy (non-hydrogen) atoms. The predicted molar refractivity (Wildman–Crippen MR) is 96.4 cm³/mol. The number of carbonyl (C=O) groups is 2. The topological polar surface area (TPSA) is 78.9 Å². The van der Waals surface area contributed by atoms with E-state index >= 15 is 0 Å². The van der Waals surface area contributed by atoms with Crippen LogP contribution in [-0.2, 0) is 14.3 Å². The van der Waals surface area contributed by atoms with Gasteiger partial charge in [0.1, 0.15) is 17.2 Å². The third-order valence-corrected chi connectivity index (χ3v) is 5.49. The van der Waals surface area contributed by atoms with Crippen molar-refractivity contribution in [3.8, 4) is 0 Å². The van der Waals surface area contributed by atoms with E-state index in [0.29, 0.717) is 12.0 Å². The molecule has 0 radical (unpaired) electrons. The van der Waals surface area contributed by atoms with Crippen LogP contribution in [0.5, 0.6) is 0 Å². The number of hydrogen-bond donors (Lipinski definition) is 2. The summed E-state index contributed by atoms with van der Waals surface area (Å²) < 4.78 is 5.66. The lowest BCUT2D eigenvalue weighted by Crippen LogP contribution is -2.60. The van der Waals surface area contributed by atoms with Crippen molar-refractivity contribution in [1.82, 2.24) is 10.2 Å². The lowest BCUT2D eigenvalue weighted by atomic mass is 9.75. The van der Waals surface area contributed by atoms with Gasteiger partial charge >= 0.3 is 11.9 Å². The molecule has 6 heteroatoms. The Kier molecular flexibility index (Phi) is 5.55. The lowest BCUT2D eigenvalue weighted by Gasteiger charge is -2.40. The van der Waals surface area contributed by atoms with Gasteiger partial charge in [-0.25, -0.2) is 4.79 Å². The summed E-state index contributed by atoms with van der Waals surface area (Å²) in [6.45, 7) is 10.4. The number of nitrogens with zero attached hydrogens (tertiary/aromatic N) is 1. The highest BCUT2D eigenvalue weighted by atomic mass is 16.6. The molecule has 6 nitrogen and oxygen atoms in total. The third-order valence-electron chi connectivity index (χ3n) is 5.49. The van der Waals surface area contributed by atoms with Crippen molar-refractivity contribution in [1.29, 1.82) is 0 Å². The number of likely N-dealkylation sites (N-methyl/N-ethyl adjacent to an activating group) is 1. The molecule has 0 unspecified atom stereocenters. The number of likely N-dealkylation sites (tertiary alicyclic amines) is 1. The van der Waals surface area contributed by atoms with Crippen molar-refractivity contribution in [2.24, 2.45) is 5.41 Å². The van der Waals surface area contributed by atoms with Crippen molar-refractivity contribution in [2.45, 2.75) is 89.9 Å². The summed E-state index contributed by atoms with van der Waals surface area (Å²) in [5, 5.41) is 13.0. The first-order chi connectivity index (χ1) is 11.3. The van der Waals surface area contributed by atoms with Gasteiger partial charge in [0, 0.05) is 19.0 Å². The fourth-order valence-electron chi connectivity index (χ4n) is 3.98. The van der Waals surface area contributed by atoms with Gasteiger partial charge in [0.15, 0.2) is 0 Å². The second kappa shape index (κ2) is 6.88. The predicted octanol–water partition coefficient (Wildman–Crippen LogP) is 2.41. The molecule has 1 saturated heterocycles. The maximum Gasteiger partial charge on any atom is 0.328 e. The monoisotopic (exact) mass is 354 g/mol. The van der Waals surface area contributed by atoms with E-state index in [4.69, 9.17) is 4.74 Å². The number of hydrogen-bond acceptors (Lipinski definition) is 5. The second-order valence-corrected chi connectivity index (χ2v) is 9.64. The fraction of sp³-hybridized carbons (Fsp3) is 0.895. The van der Waals surface area contributed by atoms with Crippen molar-refractivity contribution in [3.05, 3.63) is 0 Å². The van der Waals surface area contributed by atoms with E-state index < -0.39 is 23.2 Å². The zero-order valence-electron chi connectivity index (χ0n) is 16.5. The number of rotatable bonds is 4. The molecule has 1 aliphatic heterocycles. The number of carbonyl (C=O) groups excluding carboxylic acids is 1. The first-order valence-corrected chi connectivity index (χ1v) is 9.28. The second-order valence-electron chi connectivity index (χ2n) is 9.64. The van der Waals surface area contributed by atoms with E-state index in [0.717, 1.165) is 25.7 Å². The zero-order valence-corrected chi connectivity index (χ0v) is 16.5. The molecule has 0 aromatic carbocycles. The Morgan fingerprint density at radius 3 is 2.20 bits per heavy atom. The Balaban J connectivity index is 2.19. The molecular formula is C19H34N2O4. The number of esters is 1. The Morgan fingerprint density at radius 2 is 1.76 bits per heavy atom. The lowest BCUT2D eigenvalue weighted by molar-refractivity contribution is -0.163. The molecule has 2 atom stereocenters. The highest BCUT2D eigenvalue weighted by Crippen LogP contribution is 2.37. The molecule has 2 fully saturated rings. The summed E-state index contributed by atoms with van der Waals surface area (Å²) in [5.41, 5.74) is -1.20. The van der Waals surface area contributed by atoms with Gasteiger partial charge in [-0.3, -0.25) is 15.0 Å². The highest BCUT2D eigenvalue weighted by Gasteiger charge is 2.53. The van der Waals surface area contributed by atoms with E-state index in [1.165, 1.54) is 0 Å². The SMILES string of the molecule is CN1C[C@](NC2CCC(C)(C)CC2)(C(=O)OC(C)(C)C)C[C@H]1C(=O)O. The van der Waals surface area contributed by atoms with Gasteiger partial charge in [-0.15, -0.1) is 0 Å². The summed E-state index contributed by atoms with van der Waals surface area (Å²) in [7, 11) is 1.76. The maximum absolute atomic E-state index is 13.0. The van der Waals surface area contributed by atoms with Crippen LogP contribution in [0.4, 0.5) is 0 Å². The van der Waals surface area contributed by atoms with Crippen LogP contribution in [0.2, 0.25) is 0 Å². The van der Waals surface area contributed by atoms with Crippen LogP contribution in [0.15, 0.2) is 0 Å². The van der Waals surface area contributed by atoms with Crippen LogP contribution in [0, 0.1) is 5.41 Å². The molecule has 2 rings (SSSR count). The molecule has 2 aliphatic rings. The molecule has 144 valence electrons. The Labute approximate surface area is 151 Å². The largest absolute Gasteiger partial charge is 0.480 e. The summed E-state index contributed by atoms with van der Waals surface area (Å²) >= 11 is 0.